The van der Waals surface area contributed by atoms with E-state index in [1.165, 1.54) is 0 Å². The fourth-order valence-corrected chi connectivity index (χ4v) is 0.419. The summed E-state index contributed by atoms with van der Waals surface area (Å²) in [5.41, 5.74) is 4.65. The number of ether oxygens (including phenoxy) is 1. The molecule has 0 spiro atoms. The Morgan fingerprint density at radius 2 is 1.82 bits per heavy atom. The van der Waals surface area contributed by atoms with Crippen molar-refractivity contribution in [1.29, 1.82) is 0 Å². The normalized spacial score (nSPS) is 15.5. The summed E-state index contributed by atoms with van der Waals surface area (Å²) in [7, 11) is 0. The Kier molecular flexibility index (Phi) is 3.89. The molecule has 0 radical (unpaired) electrons. The molecule has 2 N–H and O–H groups in total. The Morgan fingerprint density at radius 3 is 2.09 bits per heavy atom. The van der Waals surface area contributed by atoms with Crippen LogP contribution in [0.4, 0.5) is 8.78 Å². The molecule has 0 saturated heterocycles. The van der Waals surface area contributed by atoms with Crippen molar-refractivity contribution >= 4 is 0 Å². The second-order valence-corrected chi connectivity index (χ2v) is 3.42. The van der Waals surface area contributed by atoms with Crippen molar-refractivity contribution in [2.24, 2.45) is 5.73 Å². The standard InChI is InChI=1S/C7H15F2NO/c1-7(2,3)11-4-5(10)6(8)9/h5-6H,4,10H2,1-3H3. The van der Waals surface area contributed by atoms with Crippen LogP contribution in [-0.2, 0) is 4.74 Å². The molecule has 1 unspecified atom stereocenters. The van der Waals surface area contributed by atoms with Crippen LogP contribution in [-0.4, -0.2) is 24.7 Å². The third-order valence-corrected chi connectivity index (χ3v) is 1.03. The molecule has 0 aliphatic carbocycles. The molecule has 2 nitrogen and oxygen atoms in total. The maximum absolute atomic E-state index is 11.8. The van der Waals surface area contributed by atoms with Gasteiger partial charge in [0.1, 0.15) is 0 Å². The van der Waals surface area contributed by atoms with Gasteiger partial charge in [-0.1, -0.05) is 0 Å². The van der Waals surface area contributed by atoms with E-state index in [0.29, 0.717) is 0 Å². The molecular formula is C7H15F2NO. The van der Waals surface area contributed by atoms with Crippen LogP contribution >= 0.6 is 0 Å². The van der Waals surface area contributed by atoms with Crippen LogP contribution in [0.25, 0.3) is 0 Å². The molecular weight excluding hydrogens is 152 g/mol. The van der Waals surface area contributed by atoms with Crippen LogP contribution in [0.1, 0.15) is 20.8 Å². The molecule has 1 atom stereocenters. The lowest BCUT2D eigenvalue weighted by Gasteiger charge is -2.21. The van der Waals surface area contributed by atoms with E-state index in [2.05, 4.69) is 0 Å². The zero-order chi connectivity index (χ0) is 9.07. The molecule has 0 heterocycles. The molecule has 0 aliphatic heterocycles. The van der Waals surface area contributed by atoms with Crippen LogP contribution in [0.3, 0.4) is 0 Å². The summed E-state index contributed by atoms with van der Waals surface area (Å²) in [5, 5.41) is 0. The van der Waals surface area contributed by atoms with Crippen LogP contribution < -0.4 is 5.73 Å². The van der Waals surface area contributed by atoms with Gasteiger partial charge >= 0.3 is 0 Å². The average molecular weight is 167 g/mol. The summed E-state index contributed by atoms with van der Waals surface area (Å²) >= 11 is 0. The quantitative estimate of drug-likeness (QED) is 0.689. The first kappa shape index (κ1) is 10.8. The zero-order valence-electron chi connectivity index (χ0n) is 7.10. The average Bonchev–Trinajstić information content (AvgIpc) is 1.80. The summed E-state index contributed by atoms with van der Waals surface area (Å²) in [6.07, 6.45) is -2.50. The maximum Gasteiger partial charge on any atom is 0.255 e. The van der Waals surface area contributed by atoms with E-state index in [9.17, 15) is 8.78 Å². The lowest BCUT2D eigenvalue weighted by molar-refractivity contribution is -0.0337. The predicted molar refractivity (Wildman–Crippen MR) is 39.7 cm³/mol. The van der Waals surface area contributed by atoms with Gasteiger partial charge in [-0.25, -0.2) is 8.78 Å². The van der Waals surface area contributed by atoms with Gasteiger partial charge in [-0.3, -0.25) is 0 Å². The van der Waals surface area contributed by atoms with E-state index in [1.807, 2.05) is 0 Å². The minimum Gasteiger partial charge on any atom is -0.374 e. The Hall–Kier alpha value is -0.220. The van der Waals surface area contributed by atoms with Gasteiger partial charge in [-0.2, -0.15) is 0 Å². The first-order valence-corrected chi connectivity index (χ1v) is 3.50. The van der Waals surface area contributed by atoms with Crippen molar-refractivity contribution in [2.45, 2.75) is 38.8 Å². The SMILES string of the molecule is CC(C)(C)OCC(N)C(F)F. The molecule has 0 saturated carbocycles. The molecule has 11 heavy (non-hydrogen) atoms. The van der Waals surface area contributed by atoms with E-state index in [1.54, 1.807) is 20.8 Å². The largest absolute Gasteiger partial charge is 0.374 e. The molecule has 0 aromatic heterocycles. The fourth-order valence-electron chi connectivity index (χ4n) is 0.419. The highest BCUT2D eigenvalue weighted by atomic mass is 19.3. The first-order chi connectivity index (χ1) is 4.83. The number of rotatable bonds is 3. The summed E-state index contributed by atoms with van der Waals surface area (Å²) in [5.74, 6) is 0. The summed E-state index contributed by atoms with van der Waals surface area (Å²) in [6.45, 7) is 5.29. The van der Waals surface area contributed by atoms with E-state index >= 15 is 0 Å². The molecule has 4 heteroatoms. The number of alkyl halides is 2. The second-order valence-electron chi connectivity index (χ2n) is 3.42. The van der Waals surface area contributed by atoms with E-state index in [4.69, 9.17) is 10.5 Å². The lowest BCUT2D eigenvalue weighted by Crippen LogP contribution is -2.37. The minimum absolute atomic E-state index is 0.0961. The van der Waals surface area contributed by atoms with Gasteiger partial charge in [0.05, 0.1) is 18.2 Å². The van der Waals surface area contributed by atoms with Crippen LogP contribution in [0, 0.1) is 0 Å². The van der Waals surface area contributed by atoms with Gasteiger partial charge in [0, 0.05) is 0 Å². The van der Waals surface area contributed by atoms with Crippen molar-refractivity contribution in [3.63, 3.8) is 0 Å². The second kappa shape index (κ2) is 3.97. The van der Waals surface area contributed by atoms with Gasteiger partial charge in [-0.15, -0.1) is 0 Å². The smallest absolute Gasteiger partial charge is 0.255 e. The third-order valence-electron chi connectivity index (χ3n) is 1.03. The molecule has 0 aliphatic rings. The van der Waals surface area contributed by atoms with Crippen LogP contribution in [0.2, 0.25) is 0 Å². The molecule has 0 aromatic carbocycles. The van der Waals surface area contributed by atoms with Crippen molar-refractivity contribution in [2.75, 3.05) is 6.61 Å². The van der Waals surface area contributed by atoms with Gasteiger partial charge < -0.3 is 10.5 Å². The predicted octanol–water partition coefficient (Wildman–Crippen LogP) is 1.39. The molecule has 68 valence electrons. The van der Waals surface area contributed by atoms with Crippen molar-refractivity contribution < 1.29 is 13.5 Å². The van der Waals surface area contributed by atoms with Gasteiger partial charge in [-0.05, 0) is 20.8 Å². The summed E-state index contributed by atoms with van der Waals surface area (Å²) in [6, 6.07) is -1.17. The van der Waals surface area contributed by atoms with Gasteiger partial charge in [0.15, 0.2) is 0 Å². The Balaban J connectivity index is 3.54. The molecule has 0 amide bonds. The molecule has 0 bridgehead atoms. The highest BCUT2D eigenvalue weighted by Crippen LogP contribution is 2.08. The van der Waals surface area contributed by atoms with Gasteiger partial charge in [0.25, 0.3) is 6.43 Å². The Bertz CT molecular complexity index is 111. The van der Waals surface area contributed by atoms with Crippen molar-refractivity contribution in [3.05, 3.63) is 0 Å². The number of halogens is 2. The van der Waals surface area contributed by atoms with E-state index < -0.39 is 18.1 Å². The Labute approximate surface area is 65.7 Å². The maximum atomic E-state index is 11.8. The highest BCUT2D eigenvalue weighted by molar-refractivity contribution is 4.66. The van der Waals surface area contributed by atoms with E-state index in [-0.39, 0.29) is 6.61 Å². The highest BCUT2D eigenvalue weighted by Gasteiger charge is 2.18. The van der Waals surface area contributed by atoms with Crippen molar-refractivity contribution in [1.82, 2.24) is 0 Å². The van der Waals surface area contributed by atoms with Gasteiger partial charge in [0.2, 0.25) is 0 Å². The minimum atomic E-state index is -2.50. The molecule has 0 aromatic rings. The lowest BCUT2D eigenvalue weighted by atomic mass is 10.2. The number of hydrogen-bond acceptors (Lipinski definition) is 2. The first-order valence-electron chi connectivity index (χ1n) is 3.50. The Morgan fingerprint density at radius 1 is 1.36 bits per heavy atom. The topological polar surface area (TPSA) is 35.2 Å². The molecule has 0 fully saturated rings. The summed E-state index contributed by atoms with van der Waals surface area (Å²) in [4.78, 5) is 0. The van der Waals surface area contributed by atoms with Crippen molar-refractivity contribution in [3.8, 4) is 0 Å². The van der Waals surface area contributed by atoms with E-state index in [0.717, 1.165) is 0 Å². The summed E-state index contributed by atoms with van der Waals surface area (Å²) < 4.78 is 28.6. The molecule has 0 rings (SSSR count). The van der Waals surface area contributed by atoms with Crippen LogP contribution in [0.5, 0.6) is 0 Å². The fraction of sp³-hybridized carbons (Fsp3) is 1.00. The monoisotopic (exact) mass is 167 g/mol. The number of nitrogens with two attached hydrogens (primary N) is 1. The number of hydrogen-bond donors (Lipinski definition) is 1. The third kappa shape index (κ3) is 6.19. The van der Waals surface area contributed by atoms with Crippen LogP contribution in [0.15, 0.2) is 0 Å². The zero-order valence-corrected chi connectivity index (χ0v) is 7.10.